The lowest BCUT2D eigenvalue weighted by molar-refractivity contribution is 1.55. The molecule has 0 radical (unpaired) electrons. The van der Waals surface area contributed by atoms with Crippen LogP contribution in [0.5, 0.6) is 0 Å². The second kappa shape index (κ2) is 10.8. The Hall–Kier alpha value is -1.56. The molecule has 0 saturated heterocycles. The van der Waals surface area contributed by atoms with Crippen molar-refractivity contribution in [2.24, 2.45) is 0 Å². The van der Waals surface area contributed by atoms with Crippen molar-refractivity contribution < 1.29 is 0 Å². The Kier molecular flexibility index (Phi) is 8.03. The molecule has 0 N–H and O–H groups in total. The maximum Gasteiger partial charge on any atom is 0.0786 e. The minimum Gasteiger partial charge on any atom is -0.131 e. The lowest BCUT2D eigenvalue weighted by atomic mass is 10.1. The molecule has 0 bridgehead atoms. The second-order valence-electron chi connectivity index (χ2n) is 7.09. The summed E-state index contributed by atoms with van der Waals surface area (Å²) in [6.45, 7) is 6.25. The third kappa shape index (κ3) is 6.52. The predicted molar refractivity (Wildman–Crippen MR) is 155 cm³/mol. The normalized spacial score (nSPS) is 10.0. The van der Waals surface area contributed by atoms with Crippen LogP contribution in [0.25, 0.3) is 0 Å². The highest BCUT2D eigenvalue weighted by molar-refractivity contribution is 9.11. The van der Waals surface area contributed by atoms with E-state index in [2.05, 4.69) is 122 Å². The van der Waals surface area contributed by atoms with Gasteiger partial charge in [-0.3, -0.25) is 0 Å². The van der Waals surface area contributed by atoms with Gasteiger partial charge in [0, 0.05) is 44.7 Å². The molecular formula is C27H15Br3S3. The van der Waals surface area contributed by atoms with E-state index in [0.29, 0.717) is 0 Å². The molecular weight excluding hydrogens is 660 g/mol. The van der Waals surface area contributed by atoms with Crippen molar-refractivity contribution in [3.63, 3.8) is 0 Å². The molecule has 33 heavy (non-hydrogen) atoms. The summed E-state index contributed by atoms with van der Waals surface area (Å²) in [5.74, 6) is 19.7. The summed E-state index contributed by atoms with van der Waals surface area (Å²) >= 11 is 15.7. The van der Waals surface area contributed by atoms with Crippen molar-refractivity contribution in [3.05, 3.63) is 95.8 Å². The zero-order chi connectivity index (χ0) is 23.5. The molecule has 0 amide bonds. The Morgan fingerprint density at radius 1 is 0.455 bits per heavy atom. The Morgan fingerprint density at radius 3 is 0.939 bits per heavy atom. The Labute approximate surface area is 231 Å². The highest BCUT2D eigenvalue weighted by atomic mass is 79.9. The van der Waals surface area contributed by atoms with Crippen LogP contribution in [-0.4, -0.2) is 0 Å². The summed E-state index contributed by atoms with van der Waals surface area (Å²) < 4.78 is 3.29. The van der Waals surface area contributed by atoms with E-state index in [9.17, 15) is 0 Å². The maximum atomic E-state index is 3.57. The number of benzene rings is 1. The summed E-state index contributed by atoms with van der Waals surface area (Å²) in [4.78, 5) is 6.75. The van der Waals surface area contributed by atoms with Crippen LogP contribution in [0.3, 0.4) is 0 Å². The number of hydrogen-bond acceptors (Lipinski definition) is 3. The first-order chi connectivity index (χ1) is 15.8. The van der Waals surface area contributed by atoms with Crippen LogP contribution in [0.4, 0.5) is 0 Å². The predicted octanol–water partition coefficient (Wildman–Crippen LogP) is 9.28. The smallest absolute Gasteiger partial charge is 0.0786 e. The fraction of sp³-hybridized carbons (Fsp3) is 0.111. The average Bonchev–Trinajstić information content (AvgIpc) is 3.40. The van der Waals surface area contributed by atoms with Crippen molar-refractivity contribution in [1.82, 2.24) is 0 Å². The third-order valence-electron chi connectivity index (χ3n) is 4.49. The van der Waals surface area contributed by atoms with Crippen molar-refractivity contribution in [2.75, 3.05) is 0 Å². The van der Waals surface area contributed by atoms with Crippen LogP contribution in [0.1, 0.15) is 46.0 Å². The molecule has 0 aliphatic rings. The molecule has 4 aromatic rings. The fourth-order valence-corrected chi connectivity index (χ4v) is 6.97. The Balaban J connectivity index is 1.73. The van der Waals surface area contributed by atoms with Gasteiger partial charge in [-0.1, -0.05) is 35.5 Å². The van der Waals surface area contributed by atoms with Gasteiger partial charge in [0.05, 0.1) is 14.6 Å². The van der Waals surface area contributed by atoms with Gasteiger partial charge in [-0.05, 0) is 105 Å². The zero-order valence-electron chi connectivity index (χ0n) is 17.8. The zero-order valence-corrected chi connectivity index (χ0v) is 25.0. The lowest BCUT2D eigenvalue weighted by Gasteiger charge is -1.97. The van der Waals surface area contributed by atoms with Gasteiger partial charge < -0.3 is 0 Å². The van der Waals surface area contributed by atoms with E-state index in [1.807, 2.05) is 18.2 Å². The van der Waals surface area contributed by atoms with E-state index in [4.69, 9.17) is 0 Å². The van der Waals surface area contributed by atoms with Gasteiger partial charge in [-0.25, -0.2) is 0 Å². The maximum absolute atomic E-state index is 3.57. The van der Waals surface area contributed by atoms with Gasteiger partial charge in [-0.15, -0.1) is 34.0 Å². The summed E-state index contributed by atoms with van der Waals surface area (Å²) in [6, 6.07) is 12.3. The molecule has 0 saturated carbocycles. The lowest BCUT2D eigenvalue weighted by Crippen LogP contribution is -1.84. The summed E-state index contributed by atoms with van der Waals surface area (Å²) in [5, 5.41) is 0. The minimum absolute atomic E-state index is 0.903. The molecule has 0 atom stereocenters. The highest BCUT2D eigenvalue weighted by Crippen LogP contribution is 2.27. The number of thiophene rings is 3. The van der Waals surface area contributed by atoms with Crippen molar-refractivity contribution in [3.8, 4) is 35.5 Å². The number of hydrogen-bond donors (Lipinski definition) is 0. The van der Waals surface area contributed by atoms with E-state index in [0.717, 1.165) is 44.7 Å². The number of rotatable bonds is 0. The first kappa shape index (κ1) is 24.6. The average molecular weight is 675 g/mol. The quantitative estimate of drug-likeness (QED) is 0.163. The molecule has 3 aromatic heterocycles. The van der Waals surface area contributed by atoms with Crippen molar-refractivity contribution in [2.45, 2.75) is 20.8 Å². The number of halogens is 3. The van der Waals surface area contributed by atoms with Crippen LogP contribution >= 0.6 is 81.8 Å². The van der Waals surface area contributed by atoms with E-state index < -0.39 is 0 Å². The van der Waals surface area contributed by atoms with Crippen LogP contribution in [0.2, 0.25) is 0 Å². The summed E-state index contributed by atoms with van der Waals surface area (Å²) in [7, 11) is 0. The van der Waals surface area contributed by atoms with Crippen LogP contribution in [0, 0.1) is 56.3 Å². The topological polar surface area (TPSA) is 0 Å². The van der Waals surface area contributed by atoms with Gasteiger partial charge in [-0.2, -0.15) is 0 Å². The molecule has 4 rings (SSSR count). The van der Waals surface area contributed by atoms with Gasteiger partial charge in [0.25, 0.3) is 0 Å². The van der Waals surface area contributed by atoms with E-state index >= 15 is 0 Å². The van der Waals surface area contributed by atoms with Gasteiger partial charge in [0.2, 0.25) is 0 Å². The van der Waals surface area contributed by atoms with Gasteiger partial charge in [0.15, 0.2) is 0 Å². The SMILES string of the molecule is Cc1sc(C#Cc2cc(C#Cc3cc(Br)c(C)s3)cc(C#Cc3cc(Br)c(C)s3)c2)cc1Br. The molecule has 0 aliphatic heterocycles. The van der Waals surface area contributed by atoms with Gasteiger partial charge in [0.1, 0.15) is 0 Å². The molecule has 0 spiro atoms. The van der Waals surface area contributed by atoms with Gasteiger partial charge >= 0.3 is 0 Å². The Bertz CT molecular complexity index is 1290. The largest absolute Gasteiger partial charge is 0.131 e. The van der Waals surface area contributed by atoms with E-state index in [1.54, 1.807) is 34.0 Å². The van der Waals surface area contributed by atoms with E-state index in [-0.39, 0.29) is 0 Å². The van der Waals surface area contributed by atoms with Crippen LogP contribution in [-0.2, 0) is 0 Å². The summed E-state index contributed by atoms with van der Waals surface area (Å²) in [6.07, 6.45) is 0. The summed E-state index contributed by atoms with van der Waals surface area (Å²) in [5.41, 5.74) is 2.71. The van der Waals surface area contributed by atoms with Crippen LogP contribution in [0.15, 0.2) is 49.8 Å². The van der Waals surface area contributed by atoms with E-state index in [1.165, 1.54) is 14.6 Å². The molecule has 162 valence electrons. The molecule has 0 fully saturated rings. The molecule has 3 heterocycles. The highest BCUT2D eigenvalue weighted by Gasteiger charge is 2.03. The number of aryl methyl sites for hydroxylation is 3. The fourth-order valence-electron chi connectivity index (χ4n) is 2.81. The minimum atomic E-state index is 0.903. The standard InChI is InChI=1S/C27H15Br3S3/c1-16-25(28)13-22(31-16)7-4-19-10-20(5-8-23-14-26(29)17(2)32-23)12-21(11-19)6-9-24-15-27(30)18(3)33-24/h10-15H,1-3H3. The van der Waals surface area contributed by atoms with Crippen LogP contribution < -0.4 is 0 Å². The molecule has 1 aromatic carbocycles. The molecule has 0 nitrogen and oxygen atoms in total. The molecule has 6 heteroatoms. The van der Waals surface area contributed by atoms with Crippen molar-refractivity contribution >= 4 is 81.8 Å². The monoisotopic (exact) mass is 672 g/mol. The third-order valence-corrected chi connectivity index (χ3v) is 10.7. The first-order valence-electron chi connectivity index (χ1n) is 9.76. The molecule has 0 unspecified atom stereocenters. The second-order valence-corrected chi connectivity index (χ2v) is 13.4. The van der Waals surface area contributed by atoms with Crippen molar-refractivity contribution in [1.29, 1.82) is 0 Å². The first-order valence-corrected chi connectivity index (χ1v) is 14.6. The Morgan fingerprint density at radius 2 is 0.727 bits per heavy atom. The molecule has 0 aliphatic carbocycles.